The molecule has 0 saturated heterocycles. The van der Waals surface area contributed by atoms with E-state index in [9.17, 15) is 9.18 Å². The van der Waals surface area contributed by atoms with Gasteiger partial charge in [-0.2, -0.15) is 5.10 Å². The Kier molecular flexibility index (Phi) is 5.79. The highest BCUT2D eigenvalue weighted by atomic mass is 35.5. The molecular formula is C22H15Cl2FN4O. The molecule has 0 aliphatic rings. The molecule has 4 rings (SSSR count). The fourth-order valence-electron chi connectivity index (χ4n) is 2.88. The van der Waals surface area contributed by atoms with Crippen molar-refractivity contribution in [3.05, 3.63) is 100 Å². The van der Waals surface area contributed by atoms with Gasteiger partial charge in [0.25, 0.3) is 5.91 Å². The van der Waals surface area contributed by atoms with E-state index in [0.29, 0.717) is 32.7 Å². The summed E-state index contributed by atoms with van der Waals surface area (Å²) in [5.41, 5.74) is 2.78. The maximum atomic E-state index is 13.3. The summed E-state index contributed by atoms with van der Waals surface area (Å²) in [5, 5.41) is 8.12. The first-order chi connectivity index (χ1) is 14.5. The van der Waals surface area contributed by atoms with Crippen LogP contribution in [0, 0.1) is 5.82 Å². The van der Waals surface area contributed by atoms with Gasteiger partial charge in [-0.3, -0.25) is 9.78 Å². The summed E-state index contributed by atoms with van der Waals surface area (Å²) in [6.07, 6.45) is 1.66. The normalized spacial score (nSPS) is 10.8. The third kappa shape index (κ3) is 4.35. The van der Waals surface area contributed by atoms with Gasteiger partial charge >= 0.3 is 0 Å². The molecule has 0 saturated carbocycles. The van der Waals surface area contributed by atoms with Gasteiger partial charge in [-0.15, -0.1) is 0 Å². The number of nitrogens with zero attached hydrogens (tertiary/aromatic N) is 3. The number of hydrogen-bond donors (Lipinski definition) is 1. The largest absolute Gasteiger partial charge is 0.345 e. The van der Waals surface area contributed by atoms with E-state index in [-0.39, 0.29) is 18.3 Å². The monoisotopic (exact) mass is 440 g/mol. The summed E-state index contributed by atoms with van der Waals surface area (Å²) in [7, 11) is 0. The number of carbonyl (C=O) groups excluding carboxylic acids is 1. The Morgan fingerprint density at radius 3 is 2.50 bits per heavy atom. The maximum Gasteiger partial charge on any atom is 0.270 e. The van der Waals surface area contributed by atoms with Crippen LogP contribution >= 0.6 is 23.2 Å². The highest BCUT2D eigenvalue weighted by Gasteiger charge is 2.18. The van der Waals surface area contributed by atoms with Gasteiger partial charge in [0.2, 0.25) is 0 Å². The minimum atomic E-state index is -0.351. The van der Waals surface area contributed by atoms with Crippen LogP contribution in [-0.2, 0) is 6.54 Å². The summed E-state index contributed by atoms with van der Waals surface area (Å²) < 4.78 is 14.8. The van der Waals surface area contributed by atoms with Crippen LogP contribution < -0.4 is 5.32 Å². The van der Waals surface area contributed by atoms with E-state index in [1.807, 2.05) is 12.1 Å². The van der Waals surface area contributed by atoms with E-state index < -0.39 is 0 Å². The Morgan fingerprint density at radius 2 is 1.80 bits per heavy atom. The lowest BCUT2D eigenvalue weighted by atomic mass is 10.1. The number of aromatic nitrogens is 3. The number of hydrogen-bond acceptors (Lipinski definition) is 3. The van der Waals surface area contributed by atoms with Gasteiger partial charge < -0.3 is 5.32 Å². The van der Waals surface area contributed by atoms with Crippen molar-refractivity contribution in [2.75, 3.05) is 0 Å². The number of pyridine rings is 1. The molecule has 4 aromatic rings. The zero-order chi connectivity index (χ0) is 21.1. The van der Waals surface area contributed by atoms with Gasteiger partial charge in [0.05, 0.1) is 33.7 Å². The van der Waals surface area contributed by atoms with Crippen molar-refractivity contribution in [2.45, 2.75) is 6.54 Å². The number of carbonyl (C=O) groups is 1. The van der Waals surface area contributed by atoms with Crippen LogP contribution in [0.5, 0.6) is 0 Å². The molecule has 2 aromatic heterocycles. The van der Waals surface area contributed by atoms with Gasteiger partial charge in [0, 0.05) is 11.8 Å². The molecule has 0 bridgehead atoms. The van der Waals surface area contributed by atoms with Crippen molar-refractivity contribution in [3.63, 3.8) is 0 Å². The molecule has 0 spiro atoms. The number of halogens is 3. The summed E-state index contributed by atoms with van der Waals surface area (Å²) in [6.45, 7) is 0.262. The maximum absolute atomic E-state index is 13.3. The molecular weight excluding hydrogens is 426 g/mol. The van der Waals surface area contributed by atoms with Gasteiger partial charge in [0.15, 0.2) is 0 Å². The van der Waals surface area contributed by atoms with Crippen LogP contribution in [0.1, 0.15) is 16.2 Å². The van der Waals surface area contributed by atoms with Gasteiger partial charge in [0.1, 0.15) is 11.5 Å². The minimum absolute atomic E-state index is 0.262. The third-order valence-electron chi connectivity index (χ3n) is 4.39. The molecule has 0 aliphatic carbocycles. The minimum Gasteiger partial charge on any atom is -0.345 e. The van der Waals surface area contributed by atoms with Gasteiger partial charge in [-0.05, 0) is 60.7 Å². The molecule has 8 heteroatoms. The van der Waals surface area contributed by atoms with Crippen molar-refractivity contribution in [2.24, 2.45) is 0 Å². The van der Waals surface area contributed by atoms with Crippen molar-refractivity contribution >= 4 is 29.1 Å². The van der Waals surface area contributed by atoms with Crippen LogP contribution in [0.2, 0.25) is 10.0 Å². The Hall–Kier alpha value is -3.22. The first-order valence-corrected chi connectivity index (χ1v) is 9.76. The first kappa shape index (κ1) is 20.1. The lowest BCUT2D eigenvalue weighted by Gasteiger charge is -2.09. The van der Waals surface area contributed by atoms with Crippen LogP contribution in [0.25, 0.3) is 16.9 Å². The molecule has 0 aliphatic heterocycles. The van der Waals surface area contributed by atoms with Crippen LogP contribution in [0.3, 0.4) is 0 Å². The molecule has 150 valence electrons. The van der Waals surface area contributed by atoms with Gasteiger partial charge in [-0.25, -0.2) is 9.07 Å². The molecule has 5 nitrogen and oxygen atoms in total. The average molecular weight is 441 g/mol. The lowest BCUT2D eigenvalue weighted by Crippen LogP contribution is -2.25. The molecule has 2 aromatic carbocycles. The molecule has 2 heterocycles. The Labute approximate surface area is 182 Å². The summed E-state index contributed by atoms with van der Waals surface area (Å²) in [4.78, 5) is 17.1. The van der Waals surface area contributed by atoms with Gasteiger partial charge in [-0.1, -0.05) is 29.3 Å². The predicted molar refractivity (Wildman–Crippen MR) is 114 cm³/mol. The standard InChI is InChI=1S/C22H15Cl2FN4O/c23-18-9-8-17(11-19(18)24)29-21(22(30)27-13-16-3-1-2-10-26-16)12-20(28-29)14-4-6-15(25)7-5-14/h1-12H,13H2,(H,27,30). The summed E-state index contributed by atoms with van der Waals surface area (Å²) in [6, 6.07) is 18.0. The van der Waals surface area contributed by atoms with Crippen LogP contribution in [0.4, 0.5) is 4.39 Å². The van der Waals surface area contributed by atoms with E-state index in [1.54, 1.807) is 48.7 Å². The summed E-state index contributed by atoms with van der Waals surface area (Å²) >= 11 is 12.2. The van der Waals surface area contributed by atoms with E-state index in [2.05, 4.69) is 15.4 Å². The van der Waals surface area contributed by atoms with E-state index in [1.165, 1.54) is 16.8 Å². The molecule has 0 unspecified atom stereocenters. The second-order valence-electron chi connectivity index (χ2n) is 6.44. The topological polar surface area (TPSA) is 59.8 Å². The second-order valence-corrected chi connectivity index (χ2v) is 7.25. The Balaban J connectivity index is 1.71. The van der Waals surface area contributed by atoms with E-state index in [0.717, 1.165) is 5.69 Å². The first-order valence-electron chi connectivity index (χ1n) is 9.01. The molecule has 30 heavy (non-hydrogen) atoms. The molecule has 1 amide bonds. The van der Waals surface area contributed by atoms with Crippen molar-refractivity contribution in [1.82, 2.24) is 20.1 Å². The molecule has 0 radical (unpaired) electrons. The number of amides is 1. The SMILES string of the molecule is O=C(NCc1ccccn1)c1cc(-c2ccc(F)cc2)nn1-c1ccc(Cl)c(Cl)c1. The number of rotatable bonds is 5. The Bertz CT molecular complexity index is 1190. The highest BCUT2D eigenvalue weighted by molar-refractivity contribution is 6.42. The zero-order valence-corrected chi connectivity index (χ0v) is 17.0. The average Bonchev–Trinajstić information content (AvgIpc) is 3.21. The number of nitrogens with one attached hydrogen (secondary N) is 1. The van der Waals surface area contributed by atoms with E-state index in [4.69, 9.17) is 23.2 Å². The molecule has 0 fully saturated rings. The zero-order valence-electron chi connectivity index (χ0n) is 15.5. The quantitative estimate of drug-likeness (QED) is 0.457. The third-order valence-corrected chi connectivity index (χ3v) is 5.12. The number of benzene rings is 2. The van der Waals surface area contributed by atoms with Crippen LogP contribution in [-0.4, -0.2) is 20.7 Å². The molecule has 1 N–H and O–H groups in total. The smallest absolute Gasteiger partial charge is 0.270 e. The Morgan fingerprint density at radius 1 is 1.00 bits per heavy atom. The van der Waals surface area contributed by atoms with E-state index >= 15 is 0 Å². The van der Waals surface area contributed by atoms with Crippen molar-refractivity contribution in [3.8, 4) is 16.9 Å². The fourth-order valence-corrected chi connectivity index (χ4v) is 3.17. The molecule has 0 atom stereocenters. The highest BCUT2D eigenvalue weighted by Crippen LogP contribution is 2.27. The predicted octanol–water partition coefficient (Wildman–Crippen LogP) is 5.31. The van der Waals surface area contributed by atoms with Crippen LogP contribution in [0.15, 0.2) is 72.9 Å². The van der Waals surface area contributed by atoms with Crippen molar-refractivity contribution < 1.29 is 9.18 Å². The fraction of sp³-hybridized carbons (Fsp3) is 0.0455. The second kappa shape index (κ2) is 8.65. The van der Waals surface area contributed by atoms with Crippen molar-refractivity contribution in [1.29, 1.82) is 0 Å². The lowest BCUT2D eigenvalue weighted by molar-refractivity contribution is 0.0942. The summed E-state index contributed by atoms with van der Waals surface area (Å²) in [5.74, 6) is -0.691.